The van der Waals surface area contributed by atoms with Crippen LogP contribution < -0.4 is 10.5 Å². The fraction of sp³-hybridized carbons (Fsp3) is 0.0769. The zero-order valence-electron chi connectivity index (χ0n) is 9.31. The first-order chi connectivity index (χ1) is 8.20. The Morgan fingerprint density at radius 3 is 2.59 bits per heavy atom. The van der Waals surface area contributed by atoms with Crippen LogP contribution >= 0.6 is 34.4 Å². The quantitative estimate of drug-likeness (QED) is 0.665. The number of anilines is 1. The monoisotopic (exact) mass is 357 g/mol. The molecule has 0 saturated heterocycles. The van der Waals surface area contributed by atoms with E-state index in [2.05, 4.69) is 28.7 Å². The van der Waals surface area contributed by atoms with Gasteiger partial charge < -0.3 is 10.5 Å². The summed E-state index contributed by atoms with van der Waals surface area (Å²) in [6.07, 6.45) is 0. The van der Waals surface area contributed by atoms with E-state index >= 15 is 0 Å². The van der Waals surface area contributed by atoms with Gasteiger partial charge in [0.2, 0.25) is 0 Å². The van der Waals surface area contributed by atoms with E-state index in [4.69, 9.17) is 10.5 Å². The lowest BCUT2D eigenvalue weighted by atomic mass is 10.3. The molecule has 2 N–H and O–H groups in total. The largest absolute Gasteiger partial charge is 0.496 e. The Balaban J connectivity index is 2.31. The van der Waals surface area contributed by atoms with Crippen molar-refractivity contribution >= 4 is 40.0 Å². The van der Waals surface area contributed by atoms with Crippen molar-refractivity contribution in [3.63, 3.8) is 0 Å². The number of hydrogen-bond acceptors (Lipinski definition) is 3. The average Bonchev–Trinajstić information content (AvgIpc) is 2.33. The van der Waals surface area contributed by atoms with Crippen LogP contribution in [0.3, 0.4) is 0 Å². The minimum absolute atomic E-state index is 0.799. The van der Waals surface area contributed by atoms with Crippen molar-refractivity contribution < 1.29 is 4.74 Å². The normalized spacial score (nSPS) is 10.2. The first-order valence-corrected chi connectivity index (χ1v) is 6.96. The fourth-order valence-corrected chi connectivity index (χ4v) is 2.90. The van der Waals surface area contributed by atoms with E-state index in [0.29, 0.717) is 0 Å². The molecule has 88 valence electrons. The Morgan fingerprint density at radius 1 is 1.12 bits per heavy atom. The third-order valence-corrected chi connectivity index (χ3v) is 4.08. The standard InChI is InChI=1S/C13H12INOS/c1-16-11-4-2-3-5-13(11)17-12-7-6-9(14)8-10(12)15/h2-8H,15H2,1H3. The second-order valence-electron chi connectivity index (χ2n) is 3.44. The molecule has 2 aromatic carbocycles. The summed E-state index contributed by atoms with van der Waals surface area (Å²) >= 11 is 3.87. The van der Waals surface area contributed by atoms with Gasteiger partial charge in [-0.05, 0) is 52.9 Å². The van der Waals surface area contributed by atoms with Crippen LogP contribution in [0.1, 0.15) is 0 Å². The Morgan fingerprint density at radius 2 is 1.88 bits per heavy atom. The van der Waals surface area contributed by atoms with Crippen LogP contribution in [0.5, 0.6) is 5.75 Å². The fourth-order valence-electron chi connectivity index (χ4n) is 1.43. The highest BCUT2D eigenvalue weighted by Crippen LogP contribution is 2.37. The number of halogens is 1. The first-order valence-electron chi connectivity index (χ1n) is 5.06. The number of rotatable bonds is 3. The predicted molar refractivity (Wildman–Crippen MR) is 80.7 cm³/mol. The molecule has 0 spiro atoms. The van der Waals surface area contributed by atoms with Crippen LogP contribution in [0.15, 0.2) is 52.3 Å². The third-order valence-electron chi connectivity index (χ3n) is 2.26. The number of hydrogen-bond donors (Lipinski definition) is 1. The summed E-state index contributed by atoms with van der Waals surface area (Å²) in [4.78, 5) is 2.12. The molecule has 2 nitrogen and oxygen atoms in total. The van der Waals surface area contributed by atoms with Crippen LogP contribution in [0.2, 0.25) is 0 Å². The first kappa shape index (κ1) is 12.6. The Kier molecular flexibility index (Phi) is 4.17. The van der Waals surface area contributed by atoms with Crippen LogP contribution in [0.4, 0.5) is 5.69 Å². The van der Waals surface area contributed by atoms with Gasteiger partial charge >= 0.3 is 0 Å². The average molecular weight is 357 g/mol. The minimum Gasteiger partial charge on any atom is -0.496 e. The highest BCUT2D eigenvalue weighted by molar-refractivity contribution is 14.1. The molecule has 0 aliphatic carbocycles. The minimum atomic E-state index is 0.799. The second-order valence-corrected chi connectivity index (χ2v) is 5.76. The third kappa shape index (κ3) is 3.07. The Labute approximate surface area is 119 Å². The molecule has 0 saturated carbocycles. The van der Waals surface area contributed by atoms with E-state index in [0.717, 1.165) is 24.8 Å². The van der Waals surface area contributed by atoms with Gasteiger partial charge in [-0.15, -0.1) is 0 Å². The predicted octanol–water partition coefficient (Wildman–Crippen LogP) is 4.03. The lowest BCUT2D eigenvalue weighted by Crippen LogP contribution is -1.90. The summed E-state index contributed by atoms with van der Waals surface area (Å²) in [6.45, 7) is 0. The second kappa shape index (κ2) is 5.64. The summed E-state index contributed by atoms with van der Waals surface area (Å²) in [6, 6.07) is 14.0. The molecule has 2 aromatic rings. The van der Waals surface area contributed by atoms with E-state index in [9.17, 15) is 0 Å². The molecule has 0 aliphatic rings. The van der Waals surface area contributed by atoms with Crippen molar-refractivity contribution in [2.75, 3.05) is 12.8 Å². The number of nitrogen functional groups attached to an aromatic ring is 1. The summed E-state index contributed by atoms with van der Waals surface area (Å²) in [5, 5.41) is 0. The van der Waals surface area contributed by atoms with E-state index in [-0.39, 0.29) is 0 Å². The van der Waals surface area contributed by atoms with Crippen molar-refractivity contribution in [1.82, 2.24) is 0 Å². The number of para-hydroxylation sites is 1. The van der Waals surface area contributed by atoms with Gasteiger partial charge in [0.25, 0.3) is 0 Å². The van der Waals surface area contributed by atoms with E-state index < -0.39 is 0 Å². The van der Waals surface area contributed by atoms with Crippen LogP contribution in [-0.4, -0.2) is 7.11 Å². The van der Waals surface area contributed by atoms with Gasteiger partial charge in [-0.1, -0.05) is 23.9 Å². The molecule has 0 aliphatic heterocycles. The lowest BCUT2D eigenvalue weighted by molar-refractivity contribution is 0.405. The zero-order valence-corrected chi connectivity index (χ0v) is 12.3. The highest BCUT2D eigenvalue weighted by Gasteiger charge is 2.06. The molecule has 4 heteroatoms. The molecule has 0 aromatic heterocycles. The highest BCUT2D eigenvalue weighted by atomic mass is 127. The van der Waals surface area contributed by atoms with Crippen molar-refractivity contribution in [3.8, 4) is 5.75 Å². The maximum atomic E-state index is 5.99. The molecular formula is C13H12INOS. The van der Waals surface area contributed by atoms with Gasteiger partial charge in [0.05, 0.1) is 12.0 Å². The molecule has 0 heterocycles. The number of ether oxygens (including phenoxy) is 1. The SMILES string of the molecule is COc1ccccc1Sc1ccc(I)cc1N. The summed E-state index contributed by atoms with van der Waals surface area (Å²) in [7, 11) is 1.68. The van der Waals surface area contributed by atoms with Gasteiger partial charge in [-0.3, -0.25) is 0 Å². The van der Waals surface area contributed by atoms with Gasteiger partial charge in [-0.2, -0.15) is 0 Å². The van der Waals surface area contributed by atoms with Gasteiger partial charge in [0.1, 0.15) is 5.75 Å². The zero-order chi connectivity index (χ0) is 12.3. The van der Waals surface area contributed by atoms with Crippen molar-refractivity contribution in [2.24, 2.45) is 0 Å². The molecule has 0 bridgehead atoms. The maximum absolute atomic E-state index is 5.99. The van der Waals surface area contributed by atoms with E-state index in [1.165, 1.54) is 0 Å². The topological polar surface area (TPSA) is 35.2 Å². The van der Waals surface area contributed by atoms with Crippen LogP contribution in [0, 0.1) is 3.57 Å². The number of methoxy groups -OCH3 is 1. The van der Waals surface area contributed by atoms with Gasteiger partial charge in [0.15, 0.2) is 0 Å². The smallest absolute Gasteiger partial charge is 0.132 e. The summed E-state index contributed by atoms with van der Waals surface area (Å²) < 4.78 is 6.46. The summed E-state index contributed by atoms with van der Waals surface area (Å²) in [5.74, 6) is 0.871. The molecular weight excluding hydrogens is 345 g/mol. The lowest BCUT2D eigenvalue weighted by Gasteiger charge is -2.09. The number of benzene rings is 2. The Hall–Kier alpha value is -0.880. The van der Waals surface area contributed by atoms with Crippen LogP contribution in [-0.2, 0) is 0 Å². The maximum Gasteiger partial charge on any atom is 0.132 e. The van der Waals surface area contributed by atoms with Gasteiger partial charge in [-0.25, -0.2) is 0 Å². The molecule has 0 atom stereocenters. The molecule has 17 heavy (non-hydrogen) atoms. The molecule has 0 amide bonds. The van der Waals surface area contributed by atoms with Crippen molar-refractivity contribution in [3.05, 3.63) is 46.0 Å². The van der Waals surface area contributed by atoms with E-state index in [1.807, 2.05) is 36.4 Å². The molecule has 0 unspecified atom stereocenters. The van der Waals surface area contributed by atoms with E-state index in [1.54, 1.807) is 18.9 Å². The van der Waals surface area contributed by atoms with Crippen LogP contribution in [0.25, 0.3) is 0 Å². The molecule has 0 fully saturated rings. The Bertz CT molecular complexity index is 531. The van der Waals surface area contributed by atoms with Crippen molar-refractivity contribution in [1.29, 1.82) is 0 Å². The molecule has 0 radical (unpaired) electrons. The number of nitrogens with two attached hydrogens (primary N) is 1. The molecule has 2 rings (SSSR count). The summed E-state index contributed by atoms with van der Waals surface area (Å²) in [5.41, 5.74) is 6.79. The van der Waals surface area contributed by atoms with Crippen molar-refractivity contribution in [2.45, 2.75) is 9.79 Å². The van der Waals surface area contributed by atoms with Gasteiger partial charge in [0, 0.05) is 14.2 Å².